The molecule has 3 heterocycles. The molecule has 0 aromatic carbocycles. The molecule has 0 amide bonds. The molecule has 0 bridgehead atoms. The van der Waals surface area contributed by atoms with E-state index < -0.39 is 5.69 Å². The highest BCUT2D eigenvalue weighted by Gasteiger charge is 2.20. The molecule has 0 saturated heterocycles. The van der Waals surface area contributed by atoms with Crippen molar-refractivity contribution in [3.63, 3.8) is 0 Å². The molecule has 26 heavy (non-hydrogen) atoms. The number of hydrazine groups is 1. The second-order valence-electron chi connectivity index (χ2n) is 5.80. The Morgan fingerprint density at radius 3 is 2.92 bits per heavy atom. The molecule has 12 nitrogen and oxygen atoms in total. The van der Waals surface area contributed by atoms with Gasteiger partial charge in [-0.2, -0.15) is 19.6 Å². The summed E-state index contributed by atoms with van der Waals surface area (Å²) in [6.45, 7) is 0.279. The molecule has 1 aliphatic rings. The first-order valence-electron chi connectivity index (χ1n) is 8.06. The van der Waals surface area contributed by atoms with Crippen molar-refractivity contribution in [2.75, 3.05) is 18.6 Å². The van der Waals surface area contributed by atoms with E-state index in [-0.39, 0.29) is 30.2 Å². The summed E-state index contributed by atoms with van der Waals surface area (Å²) in [6.07, 6.45) is 5.12. The van der Waals surface area contributed by atoms with E-state index in [1.54, 1.807) is 12.3 Å². The SMILES string of the molecule is O=c1[nH]c(O)c(C=c2cnn3c(=NC4CC4)nc(NNCCO)nc23)[nH]1. The number of hydrogen-bond donors (Lipinski definition) is 6. The maximum Gasteiger partial charge on any atom is 0.326 e. The molecule has 1 aliphatic carbocycles. The van der Waals surface area contributed by atoms with E-state index in [1.807, 2.05) is 0 Å². The molecule has 0 atom stereocenters. The molecule has 6 N–H and O–H groups in total. The van der Waals surface area contributed by atoms with Gasteiger partial charge >= 0.3 is 5.69 Å². The number of aliphatic hydroxyl groups is 1. The van der Waals surface area contributed by atoms with Crippen LogP contribution in [0.25, 0.3) is 11.7 Å². The van der Waals surface area contributed by atoms with Crippen LogP contribution in [0, 0.1) is 0 Å². The lowest BCUT2D eigenvalue weighted by molar-refractivity contribution is 0.296. The van der Waals surface area contributed by atoms with Crippen molar-refractivity contribution in [1.82, 2.24) is 35.0 Å². The lowest BCUT2D eigenvalue weighted by Gasteiger charge is -2.05. The molecule has 1 saturated carbocycles. The molecule has 0 spiro atoms. The molecule has 4 rings (SSSR count). The van der Waals surface area contributed by atoms with Crippen LogP contribution >= 0.6 is 0 Å². The van der Waals surface area contributed by atoms with Gasteiger partial charge in [-0.3, -0.25) is 10.4 Å². The van der Waals surface area contributed by atoms with E-state index in [0.717, 1.165) is 12.8 Å². The fraction of sp³-hybridized carbons (Fsp3) is 0.357. The van der Waals surface area contributed by atoms with E-state index in [2.05, 4.69) is 40.9 Å². The highest BCUT2D eigenvalue weighted by molar-refractivity contribution is 5.56. The third-order valence-electron chi connectivity index (χ3n) is 3.70. The second-order valence-corrected chi connectivity index (χ2v) is 5.80. The van der Waals surface area contributed by atoms with Crippen molar-refractivity contribution in [3.8, 4) is 5.88 Å². The van der Waals surface area contributed by atoms with Gasteiger partial charge in [0, 0.05) is 11.8 Å². The Balaban J connectivity index is 1.85. The number of imidazole rings is 1. The van der Waals surface area contributed by atoms with Crippen LogP contribution in [-0.4, -0.2) is 59.0 Å². The zero-order valence-corrected chi connectivity index (χ0v) is 13.6. The fourth-order valence-corrected chi connectivity index (χ4v) is 2.33. The Morgan fingerprint density at radius 2 is 2.23 bits per heavy atom. The Labute approximate surface area is 145 Å². The molecular weight excluding hydrogens is 342 g/mol. The van der Waals surface area contributed by atoms with Crippen LogP contribution < -0.4 is 27.4 Å². The van der Waals surface area contributed by atoms with Crippen LogP contribution in [0.2, 0.25) is 0 Å². The molecule has 1 fully saturated rings. The minimum absolute atomic E-state index is 0.0413. The predicted octanol–water partition coefficient (Wildman–Crippen LogP) is -2.63. The predicted molar refractivity (Wildman–Crippen MR) is 89.9 cm³/mol. The third kappa shape index (κ3) is 3.27. The van der Waals surface area contributed by atoms with Gasteiger partial charge in [-0.25, -0.2) is 15.2 Å². The number of fused-ring (bicyclic) bond motifs is 1. The van der Waals surface area contributed by atoms with Crippen LogP contribution in [0.1, 0.15) is 18.5 Å². The van der Waals surface area contributed by atoms with E-state index in [4.69, 9.17) is 5.11 Å². The van der Waals surface area contributed by atoms with Crippen molar-refractivity contribution in [2.24, 2.45) is 4.99 Å². The van der Waals surface area contributed by atoms with Gasteiger partial charge in [0.2, 0.25) is 11.8 Å². The number of nitrogens with one attached hydrogen (secondary N) is 4. The fourth-order valence-electron chi connectivity index (χ4n) is 2.33. The van der Waals surface area contributed by atoms with Crippen LogP contribution in [0.4, 0.5) is 5.95 Å². The minimum atomic E-state index is -0.514. The first-order chi connectivity index (χ1) is 12.6. The maximum absolute atomic E-state index is 11.3. The van der Waals surface area contributed by atoms with Crippen LogP contribution in [-0.2, 0) is 0 Å². The zero-order valence-electron chi connectivity index (χ0n) is 13.6. The van der Waals surface area contributed by atoms with Crippen LogP contribution in [0.3, 0.4) is 0 Å². The van der Waals surface area contributed by atoms with Crippen LogP contribution in [0.5, 0.6) is 5.88 Å². The smallest absolute Gasteiger partial charge is 0.326 e. The van der Waals surface area contributed by atoms with E-state index in [1.165, 1.54) is 4.52 Å². The van der Waals surface area contributed by atoms with Crippen molar-refractivity contribution in [1.29, 1.82) is 0 Å². The number of aliphatic hydroxyl groups excluding tert-OH is 1. The average molecular weight is 359 g/mol. The number of nitrogens with zero attached hydrogens (tertiary/aromatic N) is 5. The molecule has 12 heteroatoms. The van der Waals surface area contributed by atoms with Gasteiger partial charge < -0.3 is 15.2 Å². The standard InChI is InChI=1S/C14H17N9O3/c24-4-3-15-22-12-19-10-7(5-9-11(25)20-14(26)18-9)6-16-23(10)13(21-12)17-8-1-2-8/h5-6,8,15,24-25H,1-4H2,(H,17,21,22)(H2,18,20,26). The Hall–Kier alpha value is -3.25. The topological polar surface area (TPSA) is 169 Å². The van der Waals surface area contributed by atoms with E-state index >= 15 is 0 Å². The van der Waals surface area contributed by atoms with E-state index in [9.17, 15) is 9.90 Å². The summed E-state index contributed by atoms with van der Waals surface area (Å²) in [4.78, 5) is 29.3. The van der Waals surface area contributed by atoms with Crippen molar-refractivity contribution >= 4 is 17.7 Å². The summed E-state index contributed by atoms with van der Waals surface area (Å²) in [5, 5.41) is 23.4. The summed E-state index contributed by atoms with van der Waals surface area (Å²) in [5.74, 6) is 0.00143. The first-order valence-corrected chi connectivity index (χ1v) is 8.06. The van der Waals surface area contributed by atoms with Gasteiger partial charge in [-0.1, -0.05) is 0 Å². The average Bonchev–Trinajstić information content (AvgIpc) is 3.24. The molecule has 3 aromatic rings. The normalized spacial score (nSPS) is 15.9. The largest absolute Gasteiger partial charge is 0.493 e. The maximum atomic E-state index is 11.3. The summed E-state index contributed by atoms with van der Waals surface area (Å²) in [5.41, 5.74) is 6.15. The molecule has 3 aromatic heterocycles. The Kier molecular flexibility index (Phi) is 4.10. The first kappa shape index (κ1) is 16.2. The van der Waals surface area contributed by atoms with Gasteiger partial charge in [0.05, 0.1) is 18.8 Å². The van der Waals surface area contributed by atoms with Crippen molar-refractivity contribution in [3.05, 3.63) is 33.2 Å². The zero-order chi connectivity index (χ0) is 18.1. The number of rotatable bonds is 6. The molecular formula is C14H17N9O3. The molecule has 0 aliphatic heterocycles. The summed E-state index contributed by atoms with van der Waals surface area (Å²) < 4.78 is 1.50. The highest BCUT2D eigenvalue weighted by atomic mass is 16.3. The van der Waals surface area contributed by atoms with Crippen molar-refractivity contribution in [2.45, 2.75) is 18.9 Å². The van der Waals surface area contributed by atoms with E-state index in [0.29, 0.717) is 23.0 Å². The van der Waals surface area contributed by atoms with Gasteiger partial charge in [-0.15, -0.1) is 0 Å². The summed E-state index contributed by atoms with van der Waals surface area (Å²) >= 11 is 0. The number of anilines is 1. The Morgan fingerprint density at radius 1 is 1.38 bits per heavy atom. The Bertz CT molecular complexity index is 1110. The number of hydrogen-bond acceptors (Lipinski definition) is 9. The molecule has 0 unspecified atom stereocenters. The lowest BCUT2D eigenvalue weighted by Crippen LogP contribution is -2.30. The van der Waals surface area contributed by atoms with Gasteiger partial charge in [0.1, 0.15) is 5.69 Å². The number of aromatic nitrogens is 6. The molecule has 0 radical (unpaired) electrons. The second kappa shape index (κ2) is 6.57. The number of aromatic hydroxyl groups is 1. The minimum Gasteiger partial charge on any atom is -0.493 e. The summed E-state index contributed by atoms with van der Waals surface area (Å²) in [6, 6.07) is 0.230. The monoisotopic (exact) mass is 359 g/mol. The number of H-pyrrole nitrogens is 2. The summed E-state index contributed by atoms with van der Waals surface area (Å²) in [7, 11) is 0. The van der Waals surface area contributed by atoms with Crippen LogP contribution in [0.15, 0.2) is 16.0 Å². The quantitative estimate of drug-likeness (QED) is 0.205. The highest BCUT2D eigenvalue weighted by Crippen LogP contribution is 2.22. The van der Waals surface area contributed by atoms with Gasteiger partial charge in [0.25, 0.3) is 5.62 Å². The number of aromatic amines is 2. The van der Waals surface area contributed by atoms with Gasteiger partial charge in [0.15, 0.2) is 5.65 Å². The molecule has 136 valence electrons. The third-order valence-corrected chi connectivity index (χ3v) is 3.70. The van der Waals surface area contributed by atoms with Crippen molar-refractivity contribution < 1.29 is 10.2 Å². The lowest BCUT2D eigenvalue weighted by atomic mass is 10.3. The van der Waals surface area contributed by atoms with Gasteiger partial charge in [-0.05, 0) is 18.9 Å².